The van der Waals surface area contributed by atoms with Crippen molar-refractivity contribution in [3.63, 3.8) is 0 Å². The minimum absolute atomic E-state index is 0.337. The van der Waals surface area contributed by atoms with Crippen molar-refractivity contribution in [1.82, 2.24) is 14.8 Å². The highest BCUT2D eigenvalue weighted by molar-refractivity contribution is 5.92. The number of benzene rings is 1. The number of rotatable bonds is 3. The number of halogens is 1. The van der Waals surface area contributed by atoms with E-state index >= 15 is 0 Å². The standard InChI is InChI=1S/C15H15FN4O2/c1-3-11-12(14(21)22-2)13(9-4-6-10(16)7-5-9)20-15(19-11)17-8-18-20/h4-8,13H,3H2,1-2H3,(H,17,18,19)/t13-/m0/s1. The van der Waals surface area contributed by atoms with Gasteiger partial charge in [-0.1, -0.05) is 19.1 Å². The van der Waals surface area contributed by atoms with Crippen LogP contribution in [0.25, 0.3) is 0 Å². The van der Waals surface area contributed by atoms with Crippen LogP contribution < -0.4 is 5.32 Å². The summed E-state index contributed by atoms with van der Waals surface area (Å²) in [6.07, 6.45) is 2.02. The molecule has 0 fully saturated rings. The molecule has 0 saturated carbocycles. The molecule has 0 saturated heterocycles. The number of nitrogens with one attached hydrogen (secondary N) is 1. The third-order valence-corrected chi connectivity index (χ3v) is 3.62. The van der Waals surface area contributed by atoms with Crippen LogP contribution in [0.2, 0.25) is 0 Å². The average Bonchev–Trinajstić information content (AvgIpc) is 3.01. The molecule has 0 bridgehead atoms. The number of fused-ring (bicyclic) bond motifs is 1. The van der Waals surface area contributed by atoms with Crippen molar-refractivity contribution in [2.45, 2.75) is 19.4 Å². The number of carbonyl (C=O) groups excluding carboxylic acids is 1. The van der Waals surface area contributed by atoms with Crippen LogP contribution in [-0.4, -0.2) is 27.8 Å². The van der Waals surface area contributed by atoms with E-state index in [4.69, 9.17) is 4.74 Å². The first-order chi connectivity index (χ1) is 10.7. The molecule has 1 aromatic heterocycles. The highest BCUT2D eigenvalue weighted by Gasteiger charge is 2.34. The fourth-order valence-electron chi connectivity index (χ4n) is 2.59. The number of anilines is 1. The Labute approximate surface area is 126 Å². The number of aromatic nitrogens is 3. The smallest absolute Gasteiger partial charge is 0.338 e. The maximum absolute atomic E-state index is 13.2. The number of allylic oxidation sites excluding steroid dienone is 1. The Balaban J connectivity index is 2.19. The molecule has 114 valence electrons. The van der Waals surface area contributed by atoms with Crippen LogP contribution in [0.4, 0.5) is 10.3 Å². The Morgan fingerprint density at radius 2 is 2.14 bits per heavy atom. The lowest BCUT2D eigenvalue weighted by Gasteiger charge is -2.28. The molecule has 0 spiro atoms. The molecule has 22 heavy (non-hydrogen) atoms. The van der Waals surface area contributed by atoms with Gasteiger partial charge in [0.1, 0.15) is 18.2 Å². The zero-order chi connectivity index (χ0) is 15.7. The maximum atomic E-state index is 13.2. The van der Waals surface area contributed by atoms with Gasteiger partial charge in [0.15, 0.2) is 0 Å². The van der Waals surface area contributed by atoms with E-state index in [9.17, 15) is 9.18 Å². The van der Waals surface area contributed by atoms with Crippen LogP contribution in [0.3, 0.4) is 0 Å². The maximum Gasteiger partial charge on any atom is 0.338 e. The molecule has 7 heteroatoms. The molecular formula is C15H15FN4O2. The minimum atomic E-state index is -0.498. The van der Waals surface area contributed by atoms with E-state index in [1.54, 1.807) is 16.8 Å². The Morgan fingerprint density at radius 3 is 2.77 bits per heavy atom. The lowest BCUT2D eigenvalue weighted by atomic mass is 9.94. The number of hydrogen-bond acceptors (Lipinski definition) is 5. The van der Waals surface area contributed by atoms with Crippen molar-refractivity contribution in [2.24, 2.45) is 0 Å². The first kappa shape index (κ1) is 14.2. The largest absolute Gasteiger partial charge is 0.466 e. The first-order valence-electron chi connectivity index (χ1n) is 6.89. The lowest BCUT2D eigenvalue weighted by Crippen LogP contribution is -2.30. The summed E-state index contributed by atoms with van der Waals surface area (Å²) in [6.45, 7) is 1.93. The average molecular weight is 302 g/mol. The zero-order valence-corrected chi connectivity index (χ0v) is 12.2. The molecule has 6 nitrogen and oxygen atoms in total. The minimum Gasteiger partial charge on any atom is -0.466 e. The van der Waals surface area contributed by atoms with Gasteiger partial charge in [0, 0.05) is 5.70 Å². The van der Waals surface area contributed by atoms with Crippen LogP contribution in [0.15, 0.2) is 41.9 Å². The van der Waals surface area contributed by atoms with Gasteiger partial charge in [-0.25, -0.2) is 13.9 Å². The van der Waals surface area contributed by atoms with Crippen molar-refractivity contribution < 1.29 is 13.9 Å². The molecule has 1 atom stereocenters. The summed E-state index contributed by atoms with van der Waals surface area (Å²) in [7, 11) is 1.33. The molecular weight excluding hydrogens is 287 g/mol. The summed E-state index contributed by atoms with van der Waals surface area (Å²) >= 11 is 0. The predicted molar refractivity (Wildman–Crippen MR) is 77.5 cm³/mol. The van der Waals surface area contributed by atoms with E-state index in [-0.39, 0.29) is 5.82 Å². The summed E-state index contributed by atoms with van der Waals surface area (Å²) < 4.78 is 19.7. The van der Waals surface area contributed by atoms with Gasteiger partial charge < -0.3 is 10.1 Å². The number of nitrogens with zero attached hydrogens (tertiary/aromatic N) is 3. The van der Waals surface area contributed by atoms with Gasteiger partial charge in [-0.05, 0) is 24.1 Å². The van der Waals surface area contributed by atoms with Crippen molar-refractivity contribution in [3.05, 3.63) is 53.2 Å². The summed E-state index contributed by atoms with van der Waals surface area (Å²) in [5.41, 5.74) is 1.91. The van der Waals surface area contributed by atoms with E-state index in [0.717, 1.165) is 11.3 Å². The monoisotopic (exact) mass is 302 g/mol. The van der Waals surface area contributed by atoms with Gasteiger partial charge in [0.2, 0.25) is 5.95 Å². The predicted octanol–water partition coefficient (Wildman–Crippen LogP) is 2.27. The highest BCUT2D eigenvalue weighted by atomic mass is 19.1. The van der Waals surface area contributed by atoms with Crippen molar-refractivity contribution in [1.29, 1.82) is 0 Å². The van der Waals surface area contributed by atoms with Gasteiger partial charge in [-0.15, -0.1) is 0 Å². The van der Waals surface area contributed by atoms with E-state index < -0.39 is 12.0 Å². The molecule has 1 aromatic carbocycles. The molecule has 2 heterocycles. The first-order valence-corrected chi connectivity index (χ1v) is 6.89. The van der Waals surface area contributed by atoms with Gasteiger partial charge in [-0.2, -0.15) is 10.1 Å². The number of esters is 1. The number of methoxy groups -OCH3 is 1. The second-order valence-electron chi connectivity index (χ2n) is 4.84. The van der Waals surface area contributed by atoms with Crippen molar-refractivity contribution >= 4 is 11.9 Å². The normalized spacial score (nSPS) is 17.0. The SMILES string of the molecule is CCC1=C(C(=O)OC)[C@H](c2ccc(F)cc2)n2ncnc2N1. The summed E-state index contributed by atoms with van der Waals surface area (Å²) in [5.74, 6) is -0.241. The van der Waals surface area contributed by atoms with Gasteiger partial charge in [0.25, 0.3) is 0 Å². The van der Waals surface area contributed by atoms with E-state index in [2.05, 4.69) is 15.4 Å². The second kappa shape index (κ2) is 5.59. The van der Waals surface area contributed by atoms with Crippen molar-refractivity contribution in [3.8, 4) is 0 Å². The number of ether oxygens (including phenoxy) is 1. The van der Waals surface area contributed by atoms with Crippen molar-refractivity contribution in [2.75, 3.05) is 12.4 Å². The quantitative estimate of drug-likeness (QED) is 0.881. The Hall–Kier alpha value is -2.70. The molecule has 2 aromatic rings. The molecule has 0 amide bonds. The number of carbonyl (C=O) groups is 1. The Kier molecular flexibility index (Phi) is 3.62. The summed E-state index contributed by atoms with van der Waals surface area (Å²) in [5, 5.41) is 7.28. The van der Waals surface area contributed by atoms with Gasteiger partial charge in [0.05, 0.1) is 12.7 Å². The van der Waals surface area contributed by atoms with Gasteiger partial charge >= 0.3 is 5.97 Å². The molecule has 3 rings (SSSR count). The fraction of sp³-hybridized carbons (Fsp3) is 0.267. The zero-order valence-electron chi connectivity index (χ0n) is 12.2. The summed E-state index contributed by atoms with van der Waals surface area (Å²) in [6, 6.07) is 5.48. The highest BCUT2D eigenvalue weighted by Crippen LogP contribution is 2.36. The third-order valence-electron chi connectivity index (χ3n) is 3.62. The Bertz CT molecular complexity index is 736. The van der Waals surface area contributed by atoms with Gasteiger partial charge in [-0.3, -0.25) is 0 Å². The van der Waals surface area contributed by atoms with Crippen LogP contribution in [-0.2, 0) is 9.53 Å². The molecule has 1 aliphatic heterocycles. The summed E-state index contributed by atoms with van der Waals surface area (Å²) in [4.78, 5) is 16.4. The van der Waals surface area contributed by atoms with Crippen LogP contribution in [0, 0.1) is 5.82 Å². The lowest BCUT2D eigenvalue weighted by molar-refractivity contribution is -0.136. The molecule has 1 N–H and O–H groups in total. The van der Waals surface area contributed by atoms with E-state index in [0.29, 0.717) is 17.9 Å². The molecule has 0 aliphatic carbocycles. The fourth-order valence-corrected chi connectivity index (χ4v) is 2.59. The number of hydrogen-bond donors (Lipinski definition) is 1. The molecule has 0 unspecified atom stereocenters. The molecule has 1 aliphatic rings. The topological polar surface area (TPSA) is 69.0 Å². The van der Waals surface area contributed by atoms with Crippen LogP contribution in [0.5, 0.6) is 0 Å². The van der Waals surface area contributed by atoms with Crippen LogP contribution in [0.1, 0.15) is 24.9 Å². The van der Waals surface area contributed by atoms with E-state index in [1.165, 1.54) is 25.6 Å². The second-order valence-corrected chi connectivity index (χ2v) is 4.84. The van der Waals surface area contributed by atoms with Crippen LogP contribution >= 0.6 is 0 Å². The third kappa shape index (κ3) is 2.24. The molecule has 0 radical (unpaired) electrons. The van der Waals surface area contributed by atoms with E-state index in [1.807, 2.05) is 6.92 Å². The Morgan fingerprint density at radius 1 is 1.41 bits per heavy atom.